The summed E-state index contributed by atoms with van der Waals surface area (Å²) in [5, 5.41) is 15.1. The second kappa shape index (κ2) is 10.5. The van der Waals surface area contributed by atoms with Gasteiger partial charge in [-0.1, -0.05) is 23.7 Å². The average Bonchev–Trinajstić information content (AvgIpc) is 2.83. The molecule has 8 heteroatoms. The van der Waals surface area contributed by atoms with E-state index in [1.807, 2.05) is 37.3 Å². The Morgan fingerprint density at radius 2 is 1.94 bits per heavy atom. The van der Waals surface area contributed by atoms with Crippen molar-refractivity contribution in [2.45, 2.75) is 31.8 Å². The van der Waals surface area contributed by atoms with Crippen LogP contribution in [0.3, 0.4) is 0 Å². The smallest absolute Gasteiger partial charge is 0.248 e. The summed E-state index contributed by atoms with van der Waals surface area (Å²) in [7, 11) is 1.65. The van der Waals surface area contributed by atoms with E-state index >= 15 is 0 Å². The molecule has 1 aliphatic rings. The number of nitrogens with one attached hydrogen (secondary N) is 1. The van der Waals surface area contributed by atoms with E-state index in [-0.39, 0.29) is 5.91 Å². The molecule has 1 aliphatic heterocycles. The normalized spacial score (nSPS) is 15.7. The van der Waals surface area contributed by atoms with Crippen molar-refractivity contribution in [1.82, 2.24) is 9.97 Å². The third-order valence-electron chi connectivity index (χ3n) is 6.19. The number of piperidine rings is 1. The highest BCUT2D eigenvalue weighted by atomic mass is 35.5. The first-order valence-electron chi connectivity index (χ1n) is 11.3. The zero-order chi connectivity index (χ0) is 24.1. The van der Waals surface area contributed by atoms with E-state index in [1.165, 1.54) is 6.08 Å². The average molecular weight is 481 g/mol. The van der Waals surface area contributed by atoms with E-state index < -0.39 is 5.60 Å². The van der Waals surface area contributed by atoms with Crippen LogP contribution in [0.4, 0.5) is 11.6 Å². The van der Waals surface area contributed by atoms with Gasteiger partial charge in [0, 0.05) is 49.0 Å². The second-order valence-electron chi connectivity index (χ2n) is 8.67. The van der Waals surface area contributed by atoms with Gasteiger partial charge in [0.05, 0.1) is 16.8 Å². The van der Waals surface area contributed by atoms with E-state index in [0.717, 1.165) is 22.2 Å². The molecule has 1 aromatic heterocycles. The molecule has 0 aliphatic carbocycles. The van der Waals surface area contributed by atoms with Crippen LogP contribution >= 0.6 is 11.6 Å². The van der Waals surface area contributed by atoms with Crippen LogP contribution in [0, 0.1) is 6.92 Å². The fraction of sp³-hybridized carbons (Fsp3) is 0.346. The lowest BCUT2D eigenvalue weighted by molar-refractivity contribution is -0.111. The number of ether oxygens (including phenoxy) is 1. The minimum absolute atomic E-state index is 0.223. The molecule has 178 valence electrons. The standard InChI is InChI=1S/C26H29ClN4O3/c1-18-22-17-21(29-24(32)10-5-19-3-6-20(27)7-4-19)8-9-23(22)30-25(28-18)31-14-11-26(33,12-15-31)13-16-34-2/h3-10,17,33H,11-16H2,1-2H3,(H,29,32)/b10-5+. The Hall–Kier alpha value is -3.00. The summed E-state index contributed by atoms with van der Waals surface area (Å²) < 4.78 is 5.12. The number of aromatic nitrogens is 2. The van der Waals surface area contributed by atoms with Gasteiger partial charge >= 0.3 is 0 Å². The number of halogens is 1. The van der Waals surface area contributed by atoms with Gasteiger partial charge in [0.25, 0.3) is 0 Å². The molecule has 0 saturated carbocycles. The number of nitrogens with zero attached hydrogens (tertiary/aromatic N) is 3. The van der Waals surface area contributed by atoms with Crippen molar-refractivity contribution < 1.29 is 14.6 Å². The predicted octanol–water partition coefficient (Wildman–Crippen LogP) is 4.61. The van der Waals surface area contributed by atoms with Gasteiger partial charge in [0.1, 0.15) is 0 Å². The first kappa shape index (κ1) is 24.1. The lowest BCUT2D eigenvalue weighted by Crippen LogP contribution is -2.45. The van der Waals surface area contributed by atoms with Crippen molar-refractivity contribution in [3.63, 3.8) is 0 Å². The molecule has 4 rings (SSSR count). The van der Waals surface area contributed by atoms with E-state index in [9.17, 15) is 9.90 Å². The van der Waals surface area contributed by atoms with Gasteiger partial charge < -0.3 is 20.1 Å². The number of anilines is 2. The van der Waals surface area contributed by atoms with Crippen LogP contribution in [-0.2, 0) is 9.53 Å². The third kappa shape index (κ3) is 5.91. The van der Waals surface area contributed by atoms with Crippen molar-refractivity contribution >= 4 is 46.1 Å². The number of carbonyl (C=O) groups excluding carboxylic acids is 1. The molecule has 2 N–H and O–H groups in total. The van der Waals surface area contributed by atoms with Gasteiger partial charge in [0.2, 0.25) is 11.9 Å². The maximum atomic E-state index is 12.4. The number of hydrogen-bond acceptors (Lipinski definition) is 6. The van der Waals surface area contributed by atoms with Gasteiger partial charge in [-0.25, -0.2) is 9.97 Å². The molecule has 7 nitrogen and oxygen atoms in total. The topological polar surface area (TPSA) is 87.6 Å². The van der Waals surface area contributed by atoms with Crippen molar-refractivity contribution in [3.8, 4) is 0 Å². The molecule has 3 aromatic rings. The lowest BCUT2D eigenvalue weighted by Gasteiger charge is -2.38. The fourth-order valence-corrected chi connectivity index (χ4v) is 4.21. The monoisotopic (exact) mass is 480 g/mol. The number of benzene rings is 2. The molecule has 2 aromatic carbocycles. The van der Waals surface area contributed by atoms with E-state index in [1.54, 1.807) is 25.3 Å². The van der Waals surface area contributed by atoms with Gasteiger partial charge in [-0.3, -0.25) is 4.79 Å². The van der Waals surface area contributed by atoms with Crippen LogP contribution in [0.1, 0.15) is 30.5 Å². The minimum Gasteiger partial charge on any atom is -0.390 e. The number of methoxy groups -OCH3 is 1. The van der Waals surface area contributed by atoms with Gasteiger partial charge in [-0.15, -0.1) is 0 Å². The molecule has 0 atom stereocenters. The number of aryl methyl sites for hydroxylation is 1. The first-order valence-corrected chi connectivity index (χ1v) is 11.7. The van der Waals surface area contributed by atoms with Crippen LogP contribution in [0.15, 0.2) is 48.5 Å². The molecule has 0 bridgehead atoms. The molecule has 1 saturated heterocycles. The Bertz CT molecular complexity index is 1190. The van der Waals surface area contributed by atoms with Gasteiger partial charge in [-0.2, -0.15) is 0 Å². The van der Waals surface area contributed by atoms with E-state index in [0.29, 0.717) is 55.6 Å². The molecule has 2 heterocycles. The molecule has 0 radical (unpaired) electrons. The lowest BCUT2D eigenvalue weighted by atomic mass is 9.88. The van der Waals surface area contributed by atoms with Crippen molar-refractivity contribution in [1.29, 1.82) is 0 Å². The van der Waals surface area contributed by atoms with Gasteiger partial charge in [0.15, 0.2) is 0 Å². The molecule has 0 spiro atoms. The van der Waals surface area contributed by atoms with E-state index in [2.05, 4.69) is 10.2 Å². The quantitative estimate of drug-likeness (QED) is 0.480. The SMILES string of the molecule is COCCC1(O)CCN(c2nc(C)c3cc(NC(=O)/C=C/c4ccc(Cl)cc4)ccc3n2)CC1. The largest absolute Gasteiger partial charge is 0.390 e. The highest BCUT2D eigenvalue weighted by molar-refractivity contribution is 6.30. The van der Waals surface area contributed by atoms with Crippen LogP contribution in [0.2, 0.25) is 5.02 Å². The van der Waals surface area contributed by atoms with Crippen LogP contribution in [-0.4, -0.2) is 53.4 Å². The minimum atomic E-state index is -0.687. The zero-order valence-electron chi connectivity index (χ0n) is 19.4. The highest BCUT2D eigenvalue weighted by Gasteiger charge is 2.32. The Morgan fingerprint density at radius 1 is 1.21 bits per heavy atom. The first-order chi connectivity index (χ1) is 16.3. The number of rotatable bonds is 7. The summed E-state index contributed by atoms with van der Waals surface area (Å²) in [5.41, 5.74) is 2.54. The summed E-state index contributed by atoms with van der Waals surface area (Å²) in [5.74, 6) is 0.445. The number of aliphatic hydroxyl groups is 1. The third-order valence-corrected chi connectivity index (χ3v) is 6.44. The van der Waals surface area contributed by atoms with Crippen LogP contribution < -0.4 is 10.2 Å². The number of amides is 1. The molecule has 34 heavy (non-hydrogen) atoms. The highest BCUT2D eigenvalue weighted by Crippen LogP contribution is 2.29. The zero-order valence-corrected chi connectivity index (χ0v) is 20.2. The van der Waals surface area contributed by atoms with Crippen LogP contribution in [0.25, 0.3) is 17.0 Å². The van der Waals surface area contributed by atoms with Gasteiger partial charge in [-0.05, 0) is 68.2 Å². The van der Waals surface area contributed by atoms with Crippen molar-refractivity contribution in [3.05, 3.63) is 64.8 Å². The van der Waals surface area contributed by atoms with Crippen LogP contribution in [0.5, 0.6) is 0 Å². The fourth-order valence-electron chi connectivity index (χ4n) is 4.08. The predicted molar refractivity (Wildman–Crippen MR) is 136 cm³/mol. The molecule has 1 fully saturated rings. The Kier molecular flexibility index (Phi) is 7.46. The summed E-state index contributed by atoms with van der Waals surface area (Å²) in [6.07, 6.45) is 5.18. The number of hydrogen-bond donors (Lipinski definition) is 2. The summed E-state index contributed by atoms with van der Waals surface area (Å²) in [6.45, 7) is 3.88. The maximum Gasteiger partial charge on any atom is 0.248 e. The number of carbonyl (C=O) groups is 1. The number of fused-ring (bicyclic) bond motifs is 1. The second-order valence-corrected chi connectivity index (χ2v) is 9.11. The summed E-state index contributed by atoms with van der Waals surface area (Å²) in [4.78, 5) is 23.9. The summed E-state index contributed by atoms with van der Waals surface area (Å²) in [6, 6.07) is 12.9. The Labute approximate surface area is 204 Å². The molecular weight excluding hydrogens is 452 g/mol. The Morgan fingerprint density at radius 3 is 2.65 bits per heavy atom. The van der Waals surface area contributed by atoms with Crippen molar-refractivity contribution in [2.75, 3.05) is 37.0 Å². The molecular formula is C26H29ClN4O3. The Balaban J connectivity index is 1.43. The molecule has 0 unspecified atom stereocenters. The maximum absolute atomic E-state index is 12.4. The van der Waals surface area contributed by atoms with Crippen molar-refractivity contribution in [2.24, 2.45) is 0 Å². The van der Waals surface area contributed by atoms with E-state index in [4.69, 9.17) is 26.3 Å². The molecule has 1 amide bonds. The summed E-state index contributed by atoms with van der Waals surface area (Å²) >= 11 is 5.89.